The number of sulfonamides is 2. The summed E-state index contributed by atoms with van der Waals surface area (Å²) in [5.41, 5.74) is 0.482. The van der Waals surface area contributed by atoms with Gasteiger partial charge in [-0.05, 0) is 57.2 Å². The predicted molar refractivity (Wildman–Crippen MR) is 107 cm³/mol. The quantitative estimate of drug-likeness (QED) is 0.621. The molecule has 2 rings (SSSR count). The molecule has 0 radical (unpaired) electrons. The number of rotatable bonds is 4. The van der Waals surface area contributed by atoms with E-state index in [1.165, 1.54) is 12.1 Å². The van der Waals surface area contributed by atoms with E-state index >= 15 is 0 Å². The van der Waals surface area contributed by atoms with Gasteiger partial charge in [-0.25, -0.2) is 26.7 Å². The first kappa shape index (κ1) is 22.4. The molecule has 0 saturated heterocycles. The zero-order valence-electron chi connectivity index (χ0n) is 15.9. The summed E-state index contributed by atoms with van der Waals surface area (Å²) in [6.45, 7) is 5.85. The number of benzene rings is 2. The standard InChI is InChI=1S/C19H20N2O6S2/c1-19(2,3)11-10-13-4-6-14(7-5-13)18(23)21-29(26,27)16-9-8-15(22)12-17(16)28(20,24)25/h4-9,12,22H,1-3H3,(H,21,23)(H2,20,24,25). The summed E-state index contributed by atoms with van der Waals surface area (Å²) >= 11 is 0. The van der Waals surface area contributed by atoms with Crippen molar-refractivity contribution in [2.24, 2.45) is 10.6 Å². The summed E-state index contributed by atoms with van der Waals surface area (Å²) in [4.78, 5) is 10.8. The molecule has 29 heavy (non-hydrogen) atoms. The van der Waals surface area contributed by atoms with Crippen molar-refractivity contribution in [2.45, 2.75) is 30.6 Å². The first-order chi connectivity index (χ1) is 13.2. The number of aromatic hydroxyl groups is 1. The zero-order valence-corrected chi connectivity index (χ0v) is 17.6. The van der Waals surface area contributed by atoms with Crippen LogP contribution in [0.15, 0.2) is 52.3 Å². The lowest BCUT2D eigenvalue weighted by atomic mass is 9.97. The Bertz CT molecular complexity index is 1210. The van der Waals surface area contributed by atoms with E-state index in [0.717, 1.165) is 12.1 Å². The SMILES string of the molecule is CC(C)(C)C#Cc1ccc(C(=O)NS(=O)(=O)c2ccc(O)cc2S(N)(=O)=O)cc1. The van der Waals surface area contributed by atoms with Crippen molar-refractivity contribution in [1.82, 2.24) is 4.72 Å². The lowest BCUT2D eigenvalue weighted by molar-refractivity contribution is 0.0981. The molecule has 0 spiro atoms. The molecule has 4 N–H and O–H groups in total. The third-order valence-corrected chi connectivity index (χ3v) is 5.95. The van der Waals surface area contributed by atoms with Crippen LogP contribution in [0, 0.1) is 17.3 Å². The molecule has 0 aromatic heterocycles. The van der Waals surface area contributed by atoms with Gasteiger partial charge in [-0.3, -0.25) is 4.79 Å². The third kappa shape index (κ3) is 6.05. The van der Waals surface area contributed by atoms with Gasteiger partial charge in [0.1, 0.15) is 15.5 Å². The van der Waals surface area contributed by atoms with Crippen LogP contribution in [0.4, 0.5) is 0 Å². The Kier molecular flexibility index (Phi) is 6.08. The molecule has 0 aliphatic heterocycles. The topological polar surface area (TPSA) is 144 Å². The number of nitrogens with two attached hydrogens (primary N) is 1. The number of hydrogen-bond donors (Lipinski definition) is 3. The Morgan fingerprint density at radius 2 is 1.59 bits per heavy atom. The van der Waals surface area contributed by atoms with Crippen molar-refractivity contribution in [2.75, 3.05) is 0 Å². The van der Waals surface area contributed by atoms with Crippen molar-refractivity contribution < 1.29 is 26.7 Å². The van der Waals surface area contributed by atoms with E-state index in [9.17, 15) is 26.7 Å². The van der Waals surface area contributed by atoms with Gasteiger partial charge in [-0.15, -0.1) is 0 Å². The molecule has 0 fully saturated rings. The fourth-order valence-corrected chi connectivity index (χ4v) is 4.50. The Hall–Kier alpha value is -2.87. The first-order valence-electron chi connectivity index (χ1n) is 8.25. The number of phenols is 1. The molecule has 2 aromatic rings. The van der Waals surface area contributed by atoms with Crippen LogP contribution in [0.1, 0.15) is 36.7 Å². The van der Waals surface area contributed by atoms with Crippen LogP contribution in [-0.2, 0) is 20.0 Å². The van der Waals surface area contributed by atoms with E-state index < -0.39 is 41.5 Å². The summed E-state index contributed by atoms with van der Waals surface area (Å²) in [5, 5.41) is 14.4. The minimum atomic E-state index is -4.58. The van der Waals surface area contributed by atoms with Gasteiger partial charge in [0.05, 0.1) is 0 Å². The summed E-state index contributed by atoms with van der Waals surface area (Å²) in [6, 6.07) is 8.43. The summed E-state index contributed by atoms with van der Waals surface area (Å²) in [7, 11) is -9.05. The summed E-state index contributed by atoms with van der Waals surface area (Å²) < 4.78 is 50.1. The van der Waals surface area contributed by atoms with E-state index in [1.54, 1.807) is 16.9 Å². The lowest BCUT2D eigenvalue weighted by Gasteiger charge is -2.11. The van der Waals surface area contributed by atoms with Crippen LogP contribution in [0.5, 0.6) is 5.75 Å². The molecular formula is C19H20N2O6S2. The Balaban J connectivity index is 2.32. The number of carbonyl (C=O) groups is 1. The highest BCUT2D eigenvalue weighted by Crippen LogP contribution is 2.24. The predicted octanol–water partition coefficient (Wildman–Crippen LogP) is 1.56. The molecule has 0 aliphatic rings. The van der Waals surface area contributed by atoms with Gasteiger partial charge < -0.3 is 5.11 Å². The number of amides is 1. The number of carbonyl (C=O) groups excluding carboxylic acids is 1. The van der Waals surface area contributed by atoms with Gasteiger partial charge in [0.25, 0.3) is 15.9 Å². The smallest absolute Gasteiger partial charge is 0.265 e. The molecular weight excluding hydrogens is 416 g/mol. The fourth-order valence-electron chi connectivity index (χ4n) is 2.14. The highest BCUT2D eigenvalue weighted by Gasteiger charge is 2.27. The molecule has 0 aliphatic carbocycles. The monoisotopic (exact) mass is 436 g/mol. The third-order valence-electron chi connectivity index (χ3n) is 3.48. The molecule has 0 bridgehead atoms. The van der Waals surface area contributed by atoms with Crippen LogP contribution in [0.3, 0.4) is 0 Å². The molecule has 10 heteroatoms. The first-order valence-corrected chi connectivity index (χ1v) is 11.3. The van der Waals surface area contributed by atoms with Gasteiger partial charge in [0.2, 0.25) is 10.0 Å². The Morgan fingerprint density at radius 1 is 1.00 bits per heavy atom. The normalized spacial score (nSPS) is 12.0. The second-order valence-corrected chi connectivity index (χ2v) is 10.4. The average molecular weight is 437 g/mol. The van der Waals surface area contributed by atoms with Gasteiger partial charge >= 0.3 is 0 Å². The van der Waals surface area contributed by atoms with Gasteiger partial charge in [-0.1, -0.05) is 11.8 Å². The molecule has 154 valence electrons. The maximum absolute atomic E-state index is 12.5. The number of hydrogen-bond acceptors (Lipinski definition) is 6. The largest absolute Gasteiger partial charge is 0.508 e. The molecule has 0 atom stereocenters. The van der Waals surface area contributed by atoms with Crippen molar-refractivity contribution in [1.29, 1.82) is 0 Å². The molecule has 0 heterocycles. The van der Waals surface area contributed by atoms with Crippen LogP contribution in [0.25, 0.3) is 0 Å². The summed E-state index contributed by atoms with van der Waals surface area (Å²) in [6.07, 6.45) is 0. The highest BCUT2D eigenvalue weighted by atomic mass is 32.2. The maximum atomic E-state index is 12.5. The second-order valence-electron chi connectivity index (χ2n) is 7.19. The van der Waals surface area contributed by atoms with E-state index in [-0.39, 0.29) is 11.0 Å². The molecule has 8 nitrogen and oxygen atoms in total. The molecule has 0 saturated carbocycles. The second kappa shape index (κ2) is 7.87. The maximum Gasteiger partial charge on any atom is 0.265 e. The van der Waals surface area contributed by atoms with E-state index in [0.29, 0.717) is 11.6 Å². The minimum Gasteiger partial charge on any atom is -0.508 e. The Morgan fingerprint density at radius 3 is 2.10 bits per heavy atom. The Labute approximate surface area is 169 Å². The van der Waals surface area contributed by atoms with Crippen molar-refractivity contribution in [3.8, 4) is 17.6 Å². The molecule has 1 amide bonds. The number of nitrogens with one attached hydrogen (secondary N) is 1. The van der Waals surface area contributed by atoms with Crippen LogP contribution in [0.2, 0.25) is 0 Å². The summed E-state index contributed by atoms with van der Waals surface area (Å²) in [5.74, 6) is 4.53. The van der Waals surface area contributed by atoms with Gasteiger partial charge in [-0.2, -0.15) is 0 Å². The zero-order chi connectivity index (χ0) is 22.0. The van der Waals surface area contributed by atoms with Crippen molar-refractivity contribution in [3.05, 3.63) is 53.6 Å². The van der Waals surface area contributed by atoms with Gasteiger partial charge in [0, 0.05) is 22.6 Å². The molecule has 0 unspecified atom stereocenters. The van der Waals surface area contributed by atoms with Crippen LogP contribution >= 0.6 is 0 Å². The van der Waals surface area contributed by atoms with Crippen molar-refractivity contribution in [3.63, 3.8) is 0 Å². The minimum absolute atomic E-state index is 0.0332. The lowest BCUT2D eigenvalue weighted by Crippen LogP contribution is -2.32. The number of primary sulfonamides is 1. The van der Waals surface area contributed by atoms with E-state index in [1.807, 2.05) is 20.8 Å². The van der Waals surface area contributed by atoms with Gasteiger partial charge in [0.15, 0.2) is 0 Å². The van der Waals surface area contributed by atoms with Crippen LogP contribution < -0.4 is 9.86 Å². The van der Waals surface area contributed by atoms with Crippen LogP contribution in [-0.4, -0.2) is 27.8 Å². The van der Waals surface area contributed by atoms with Crippen molar-refractivity contribution >= 4 is 26.0 Å². The fraction of sp³-hybridized carbons (Fsp3) is 0.211. The average Bonchev–Trinajstić information content (AvgIpc) is 2.58. The van der Waals surface area contributed by atoms with E-state index in [4.69, 9.17) is 5.14 Å². The molecule has 2 aromatic carbocycles. The number of phenolic OH excluding ortho intramolecular Hbond substituents is 1. The highest BCUT2D eigenvalue weighted by molar-refractivity contribution is 7.92. The van der Waals surface area contributed by atoms with E-state index in [2.05, 4.69) is 11.8 Å².